The van der Waals surface area contributed by atoms with E-state index in [1.165, 1.54) is 32.1 Å². The van der Waals surface area contributed by atoms with Gasteiger partial charge in [-0.25, -0.2) is 0 Å². The molecule has 0 radical (unpaired) electrons. The van der Waals surface area contributed by atoms with Crippen molar-refractivity contribution < 1.29 is 9.90 Å². The minimum absolute atomic E-state index is 0.161. The number of rotatable bonds is 4. The Morgan fingerprint density at radius 2 is 2.15 bits per heavy atom. The average Bonchev–Trinajstić information content (AvgIpc) is 2.98. The predicted molar refractivity (Wildman–Crippen MR) is 79.1 cm³/mol. The van der Waals surface area contributed by atoms with Crippen LogP contribution in [0.3, 0.4) is 0 Å². The molecule has 5 atom stereocenters. The van der Waals surface area contributed by atoms with Gasteiger partial charge >= 0.3 is 0 Å². The highest BCUT2D eigenvalue weighted by atomic mass is 16.3. The number of amides is 1. The van der Waals surface area contributed by atoms with Gasteiger partial charge in [0.15, 0.2) is 0 Å². The van der Waals surface area contributed by atoms with Crippen LogP contribution in [0.15, 0.2) is 0 Å². The molecule has 2 bridgehead atoms. The number of carbonyl (C=O) groups excluding carboxylic acids is 1. The van der Waals surface area contributed by atoms with E-state index >= 15 is 0 Å². The van der Waals surface area contributed by atoms with Crippen LogP contribution in [-0.4, -0.2) is 23.2 Å². The van der Waals surface area contributed by atoms with E-state index in [-0.39, 0.29) is 5.91 Å². The minimum Gasteiger partial charge on any atom is -0.388 e. The highest BCUT2D eigenvalue weighted by Crippen LogP contribution is 2.49. The Morgan fingerprint density at radius 3 is 2.80 bits per heavy atom. The average molecular weight is 279 g/mol. The Morgan fingerprint density at radius 1 is 1.30 bits per heavy atom. The molecule has 0 aromatic carbocycles. The molecule has 3 nitrogen and oxygen atoms in total. The summed E-state index contributed by atoms with van der Waals surface area (Å²) in [6.45, 7) is 2.65. The summed E-state index contributed by atoms with van der Waals surface area (Å²) in [5.41, 5.74) is -0.651. The van der Waals surface area contributed by atoms with Gasteiger partial charge in [0.2, 0.25) is 5.91 Å². The molecule has 5 unspecified atom stereocenters. The lowest BCUT2D eigenvalue weighted by molar-refractivity contribution is -0.124. The number of nitrogens with one attached hydrogen (secondary N) is 1. The van der Waals surface area contributed by atoms with Gasteiger partial charge in [0.1, 0.15) is 0 Å². The van der Waals surface area contributed by atoms with Gasteiger partial charge in [-0.2, -0.15) is 0 Å². The molecule has 3 rings (SSSR count). The van der Waals surface area contributed by atoms with Gasteiger partial charge in [-0.3, -0.25) is 4.79 Å². The first-order valence-corrected chi connectivity index (χ1v) is 8.53. The normalized spacial score (nSPS) is 43.7. The lowest BCUT2D eigenvalue weighted by Crippen LogP contribution is -2.46. The molecule has 0 saturated heterocycles. The molecule has 20 heavy (non-hydrogen) atoms. The summed E-state index contributed by atoms with van der Waals surface area (Å²) in [4.78, 5) is 12.1. The van der Waals surface area contributed by atoms with Gasteiger partial charge in [0.05, 0.1) is 5.60 Å². The lowest BCUT2D eigenvalue weighted by atomic mass is 9.79. The number of hydrogen-bond acceptors (Lipinski definition) is 2. The lowest BCUT2D eigenvalue weighted by Gasteiger charge is -2.35. The zero-order valence-electron chi connectivity index (χ0n) is 12.7. The van der Waals surface area contributed by atoms with Crippen LogP contribution in [0.4, 0.5) is 0 Å². The largest absolute Gasteiger partial charge is 0.388 e. The Bertz CT molecular complexity index is 370. The maximum absolute atomic E-state index is 12.1. The molecule has 0 aliphatic heterocycles. The molecule has 1 amide bonds. The third kappa shape index (κ3) is 3.19. The summed E-state index contributed by atoms with van der Waals surface area (Å²) in [6, 6.07) is 0. The van der Waals surface area contributed by atoms with E-state index in [0.717, 1.165) is 31.1 Å². The molecule has 0 aromatic rings. The molecule has 3 fully saturated rings. The summed E-state index contributed by atoms with van der Waals surface area (Å²) in [5.74, 6) is 3.07. The smallest absolute Gasteiger partial charge is 0.220 e. The van der Waals surface area contributed by atoms with Crippen molar-refractivity contribution in [2.24, 2.45) is 23.7 Å². The molecule has 3 saturated carbocycles. The van der Waals surface area contributed by atoms with Crippen molar-refractivity contribution in [1.29, 1.82) is 0 Å². The van der Waals surface area contributed by atoms with Crippen molar-refractivity contribution in [3.05, 3.63) is 0 Å². The quantitative estimate of drug-likeness (QED) is 0.831. The maximum Gasteiger partial charge on any atom is 0.220 e. The first-order valence-electron chi connectivity index (χ1n) is 8.53. The van der Waals surface area contributed by atoms with Crippen molar-refractivity contribution in [1.82, 2.24) is 5.32 Å². The number of hydrogen-bond donors (Lipinski definition) is 2. The van der Waals surface area contributed by atoms with E-state index in [9.17, 15) is 9.90 Å². The molecule has 0 spiro atoms. The van der Waals surface area contributed by atoms with Crippen LogP contribution in [0.25, 0.3) is 0 Å². The number of aliphatic hydroxyl groups is 1. The van der Waals surface area contributed by atoms with E-state index in [1.54, 1.807) is 0 Å². The summed E-state index contributed by atoms with van der Waals surface area (Å²) < 4.78 is 0. The Balaban J connectivity index is 1.43. The van der Waals surface area contributed by atoms with Gasteiger partial charge in [-0.05, 0) is 55.8 Å². The van der Waals surface area contributed by atoms with E-state index in [1.807, 2.05) is 0 Å². The topological polar surface area (TPSA) is 49.3 Å². The van der Waals surface area contributed by atoms with Crippen molar-refractivity contribution in [2.75, 3.05) is 6.54 Å². The minimum atomic E-state index is -0.651. The fourth-order valence-electron chi connectivity index (χ4n) is 4.99. The maximum atomic E-state index is 12.1. The van der Waals surface area contributed by atoms with E-state index < -0.39 is 5.60 Å². The Hall–Kier alpha value is -0.570. The van der Waals surface area contributed by atoms with Crippen molar-refractivity contribution in [3.63, 3.8) is 0 Å². The first kappa shape index (κ1) is 14.4. The van der Waals surface area contributed by atoms with Crippen molar-refractivity contribution >= 4 is 5.91 Å². The highest BCUT2D eigenvalue weighted by molar-refractivity contribution is 5.76. The molecule has 3 heteroatoms. The van der Waals surface area contributed by atoms with Gasteiger partial charge in [0, 0.05) is 13.0 Å². The second-order valence-corrected chi connectivity index (χ2v) is 7.84. The van der Waals surface area contributed by atoms with Crippen LogP contribution in [0.5, 0.6) is 0 Å². The molecular weight excluding hydrogens is 250 g/mol. The van der Waals surface area contributed by atoms with Crippen LogP contribution < -0.4 is 5.32 Å². The van der Waals surface area contributed by atoms with Gasteiger partial charge < -0.3 is 10.4 Å². The SMILES string of the molecule is CC1CCCC(O)(CNC(=O)CC2CC3CCC2C3)C1. The van der Waals surface area contributed by atoms with Crippen LogP contribution in [-0.2, 0) is 4.79 Å². The van der Waals surface area contributed by atoms with Crippen molar-refractivity contribution in [3.8, 4) is 0 Å². The second kappa shape index (κ2) is 5.67. The highest BCUT2D eigenvalue weighted by Gasteiger charge is 2.40. The van der Waals surface area contributed by atoms with Gasteiger partial charge in [-0.15, -0.1) is 0 Å². The van der Waals surface area contributed by atoms with E-state index in [4.69, 9.17) is 0 Å². The van der Waals surface area contributed by atoms with Crippen LogP contribution in [0.2, 0.25) is 0 Å². The molecule has 0 heterocycles. The molecular formula is C17H29NO2. The zero-order valence-corrected chi connectivity index (χ0v) is 12.7. The number of fused-ring (bicyclic) bond motifs is 2. The van der Waals surface area contributed by atoms with Crippen LogP contribution >= 0.6 is 0 Å². The fraction of sp³-hybridized carbons (Fsp3) is 0.941. The summed E-state index contributed by atoms with van der Waals surface area (Å²) in [7, 11) is 0. The standard InChI is InChI=1S/C17H29NO2/c1-12-3-2-6-17(20,10-12)11-18-16(19)9-15-8-13-4-5-14(15)7-13/h12-15,20H,2-11H2,1H3,(H,18,19). The van der Waals surface area contributed by atoms with Crippen LogP contribution in [0, 0.1) is 23.7 Å². The zero-order chi connectivity index (χ0) is 14.2. The van der Waals surface area contributed by atoms with Gasteiger partial charge in [-0.1, -0.05) is 26.2 Å². The summed E-state index contributed by atoms with van der Waals surface area (Å²) in [5, 5.41) is 13.6. The van der Waals surface area contributed by atoms with Crippen LogP contribution in [0.1, 0.15) is 64.7 Å². The number of carbonyl (C=O) groups is 1. The Kier molecular flexibility index (Phi) is 4.07. The summed E-state index contributed by atoms with van der Waals surface area (Å²) in [6.07, 6.45) is 10.0. The molecule has 3 aliphatic carbocycles. The third-order valence-electron chi connectivity index (χ3n) is 6.01. The third-order valence-corrected chi connectivity index (χ3v) is 6.01. The fourth-order valence-corrected chi connectivity index (χ4v) is 4.99. The molecule has 0 aromatic heterocycles. The van der Waals surface area contributed by atoms with E-state index in [2.05, 4.69) is 12.2 Å². The van der Waals surface area contributed by atoms with Gasteiger partial charge in [0.25, 0.3) is 0 Å². The predicted octanol–water partition coefficient (Wildman–Crippen LogP) is 2.87. The van der Waals surface area contributed by atoms with Crippen molar-refractivity contribution in [2.45, 2.75) is 70.3 Å². The Labute approximate surface area is 122 Å². The van der Waals surface area contributed by atoms with E-state index in [0.29, 0.717) is 24.8 Å². The molecule has 2 N–H and O–H groups in total. The molecule has 3 aliphatic rings. The monoisotopic (exact) mass is 279 g/mol. The summed E-state index contributed by atoms with van der Waals surface area (Å²) >= 11 is 0. The molecule has 114 valence electrons. The first-order chi connectivity index (χ1) is 9.54. The second-order valence-electron chi connectivity index (χ2n) is 7.84.